The maximum Gasteiger partial charge on any atom is 0.236 e. The average molecular weight is 386 g/mol. The first-order valence-corrected chi connectivity index (χ1v) is 8.30. The summed E-state index contributed by atoms with van der Waals surface area (Å²) in [5.41, 5.74) is 0.0940. The number of nitrogens with zero attached hydrogens (tertiary/aromatic N) is 1. The highest BCUT2D eigenvalue weighted by Crippen LogP contribution is 2.09. The fourth-order valence-corrected chi connectivity index (χ4v) is 2.04. The molecule has 0 saturated heterocycles. The highest BCUT2D eigenvalue weighted by Gasteiger charge is 2.25. The molecular weight excluding hydrogens is 362 g/mol. The predicted molar refractivity (Wildman–Crippen MR) is 94.4 cm³/mol. The summed E-state index contributed by atoms with van der Waals surface area (Å²) >= 11 is 0. The van der Waals surface area contributed by atoms with Gasteiger partial charge in [0.05, 0.1) is 6.54 Å². The molecular formula is C18H24F2N2O5. The number of amides is 1. The summed E-state index contributed by atoms with van der Waals surface area (Å²) in [4.78, 5) is 28.6. The van der Waals surface area contributed by atoms with Crippen molar-refractivity contribution in [2.75, 3.05) is 34.0 Å². The summed E-state index contributed by atoms with van der Waals surface area (Å²) in [5.74, 6) is -3.88. The molecule has 9 heteroatoms. The van der Waals surface area contributed by atoms with Crippen LogP contribution in [-0.4, -0.2) is 58.2 Å². The summed E-state index contributed by atoms with van der Waals surface area (Å²) in [6, 6.07) is 3.02. The Balaban J connectivity index is 2.78. The lowest BCUT2D eigenvalue weighted by atomic mass is 10.0. The molecule has 1 N–H and O–H groups in total. The second-order valence-electron chi connectivity index (χ2n) is 5.45. The Morgan fingerprint density at radius 1 is 1.26 bits per heavy atom. The first-order chi connectivity index (χ1) is 12.9. The van der Waals surface area contributed by atoms with Crippen LogP contribution in [0, 0.1) is 17.6 Å². The number of benzene rings is 1. The Bertz CT molecular complexity index is 651. The fraction of sp³-hybridized carbons (Fsp3) is 0.500. The Hall–Kier alpha value is -2.23. The summed E-state index contributed by atoms with van der Waals surface area (Å²) in [6.45, 7) is 1.66. The van der Waals surface area contributed by atoms with Crippen molar-refractivity contribution >= 4 is 17.9 Å². The van der Waals surface area contributed by atoms with E-state index in [9.17, 15) is 18.4 Å². The Morgan fingerprint density at radius 3 is 2.56 bits per heavy atom. The molecule has 150 valence electrons. The van der Waals surface area contributed by atoms with Gasteiger partial charge in [0.2, 0.25) is 5.91 Å². The first-order valence-electron chi connectivity index (χ1n) is 8.30. The van der Waals surface area contributed by atoms with Crippen LogP contribution in [0.2, 0.25) is 0 Å². The van der Waals surface area contributed by atoms with Crippen molar-refractivity contribution in [3.63, 3.8) is 0 Å². The zero-order valence-electron chi connectivity index (χ0n) is 15.5. The van der Waals surface area contributed by atoms with E-state index in [1.54, 1.807) is 6.92 Å². The molecule has 0 fully saturated rings. The molecule has 27 heavy (non-hydrogen) atoms. The molecule has 1 rings (SSSR count). The molecule has 1 aromatic carbocycles. The van der Waals surface area contributed by atoms with Gasteiger partial charge in [-0.15, -0.1) is 0 Å². The number of rotatable bonds is 12. The summed E-state index contributed by atoms with van der Waals surface area (Å²) < 4.78 is 41.6. The van der Waals surface area contributed by atoms with Crippen LogP contribution in [0.3, 0.4) is 0 Å². The molecule has 1 atom stereocenters. The van der Waals surface area contributed by atoms with Crippen LogP contribution < -0.4 is 5.32 Å². The molecule has 0 spiro atoms. The minimum atomic E-state index is -1.21. The van der Waals surface area contributed by atoms with E-state index >= 15 is 0 Å². The van der Waals surface area contributed by atoms with E-state index in [2.05, 4.69) is 10.3 Å². The third-order valence-electron chi connectivity index (χ3n) is 3.58. The topological polar surface area (TPSA) is 86.2 Å². The quantitative estimate of drug-likeness (QED) is 0.334. The Kier molecular flexibility index (Phi) is 10.3. The van der Waals surface area contributed by atoms with Gasteiger partial charge >= 0.3 is 0 Å². The van der Waals surface area contributed by atoms with Gasteiger partial charge in [0.25, 0.3) is 0 Å². The van der Waals surface area contributed by atoms with Gasteiger partial charge < -0.3 is 19.5 Å². The number of ether oxygens (including phenoxy) is 3. The van der Waals surface area contributed by atoms with E-state index in [-0.39, 0.29) is 25.3 Å². The van der Waals surface area contributed by atoms with Crippen LogP contribution in [0.4, 0.5) is 8.78 Å². The Morgan fingerprint density at radius 2 is 1.96 bits per heavy atom. The average Bonchev–Trinajstić information content (AvgIpc) is 2.65. The van der Waals surface area contributed by atoms with Crippen molar-refractivity contribution in [2.45, 2.75) is 19.8 Å². The third kappa shape index (κ3) is 7.90. The molecule has 0 saturated carbocycles. The van der Waals surface area contributed by atoms with E-state index in [0.717, 1.165) is 12.1 Å². The Labute approximate surface area is 156 Å². The summed E-state index contributed by atoms with van der Waals surface area (Å²) in [5, 5.41) is 2.45. The smallest absolute Gasteiger partial charge is 0.236 e. The van der Waals surface area contributed by atoms with Crippen LogP contribution in [0.5, 0.6) is 0 Å². The van der Waals surface area contributed by atoms with Crippen LogP contribution in [0.1, 0.15) is 12.5 Å². The van der Waals surface area contributed by atoms with Crippen LogP contribution >= 0.6 is 0 Å². The van der Waals surface area contributed by atoms with E-state index < -0.39 is 35.5 Å². The van der Waals surface area contributed by atoms with E-state index in [4.69, 9.17) is 14.2 Å². The maximum atomic E-state index is 13.7. The summed E-state index contributed by atoms with van der Waals surface area (Å²) in [6.07, 6.45) is 0.572. The number of aliphatic imine (C=N–C) groups is 1. The zero-order chi connectivity index (χ0) is 20.2. The molecule has 7 nitrogen and oxygen atoms in total. The van der Waals surface area contributed by atoms with Gasteiger partial charge in [-0.3, -0.25) is 14.6 Å². The fourth-order valence-electron chi connectivity index (χ4n) is 2.04. The number of hydrogen-bond donors (Lipinski definition) is 1. The van der Waals surface area contributed by atoms with Gasteiger partial charge in [-0.25, -0.2) is 8.78 Å². The van der Waals surface area contributed by atoms with E-state index in [0.29, 0.717) is 6.61 Å². The molecule has 1 amide bonds. The lowest BCUT2D eigenvalue weighted by molar-refractivity contribution is -0.133. The number of ketones is 1. The van der Waals surface area contributed by atoms with Crippen LogP contribution in [0.15, 0.2) is 23.2 Å². The molecule has 1 unspecified atom stereocenters. The second kappa shape index (κ2) is 12.2. The van der Waals surface area contributed by atoms with E-state index in [1.165, 1.54) is 26.5 Å². The standard InChI is InChI=1S/C18H24F2N2O5/c1-4-27-11-16(23)14(9-21-10-17(25-2)26-3)18(24)22-8-12-5-6-13(19)7-15(12)20/h5-7,9,14,17H,4,8,10-11H2,1-3H3,(H,22,24). The zero-order valence-corrected chi connectivity index (χ0v) is 15.5. The molecule has 0 heterocycles. The number of carbonyl (C=O) groups is 2. The molecule has 0 aromatic heterocycles. The van der Waals surface area contributed by atoms with Crippen molar-refractivity contribution in [2.24, 2.45) is 10.9 Å². The van der Waals surface area contributed by atoms with Crippen molar-refractivity contribution < 1.29 is 32.6 Å². The predicted octanol–water partition coefficient (Wildman–Crippen LogP) is 1.49. The minimum absolute atomic E-state index is 0.0886. The number of nitrogens with one attached hydrogen (secondary N) is 1. The van der Waals surface area contributed by atoms with Gasteiger partial charge in [0, 0.05) is 45.2 Å². The highest BCUT2D eigenvalue weighted by atomic mass is 19.1. The van der Waals surface area contributed by atoms with Crippen molar-refractivity contribution in [3.8, 4) is 0 Å². The number of carbonyl (C=O) groups excluding carboxylic acids is 2. The number of halogens is 2. The second-order valence-corrected chi connectivity index (χ2v) is 5.45. The molecule has 1 aromatic rings. The third-order valence-corrected chi connectivity index (χ3v) is 3.58. The van der Waals surface area contributed by atoms with Gasteiger partial charge in [0.1, 0.15) is 24.2 Å². The number of Topliss-reactive ketones (excluding diaryl/α,β-unsaturated/α-hetero) is 1. The lowest BCUT2D eigenvalue weighted by Crippen LogP contribution is -2.38. The maximum absolute atomic E-state index is 13.7. The van der Waals surface area contributed by atoms with E-state index in [1.807, 2.05) is 0 Å². The summed E-state index contributed by atoms with van der Waals surface area (Å²) in [7, 11) is 2.87. The minimum Gasteiger partial charge on any atom is -0.374 e. The monoisotopic (exact) mass is 386 g/mol. The van der Waals surface area contributed by atoms with Crippen LogP contribution in [0.25, 0.3) is 0 Å². The normalized spacial score (nSPS) is 12.5. The molecule has 0 aliphatic carbocycles. The molecule has 0 radical (unpaired) electrons. The SMILES string of the molecule is CCOCC(=O)C(C=NCC(OC)OC)C(=O)NCc1ccc(F)cc1F. The van der Waals surface area contributed by atoms with Crippen LogP contribution in [-0.2, 0) is 30.3 Å². The van der Waals surface area contributed by atoms with Gasteiger partial charge in [-0.2, -0.15) is 0 Å². The molecule has 0 bridgehead atoms. The van der Waals surface area contributed by atoms with Crippen molar-refractivity contribution in [1.29, 1.82) is 0 Å². The lowest BCUT2D eigenvalue weighted by Gasteiger charge is -2.14. The number of hydrogen-bond acceptors (Lipinski definition) is 6. The number of methoxy groups -OCH3 is 2. The molecule has 0 aliphatic heterocycles. The van der Waals surface area contributed by atoms with Gasteiger partial charge in [-0.1, -0.05) is 6.07 Å². The molecule has 0 aliphatic rings. The largest absolute Gasteiger partial charge is 0.374 e. The van der Waals surface area contributed by atoms with Gasteiger partial charge in [-0.05, 0) is 13.0 Å². The first kappa shape index (κ1) is 22.8. The van der Waals surface area contributed by atoms with Crippen molar-refractivity contribution in [1.82, 2.24) is 5.32 Å². The highest BCUT2D eigenvalue weighted by molar-refractivity contribution is 6.14. The van der Waals surface area contributed by atoms with Crippen molar-refractivity contribution in [3.05, 3.63) is 35.4 Å². The van der Waals surface area contributed by atoms with Gasteiger partial charge in [0.15, 0.2) is 12.1 Å².